The second-order valence-corrected chi connectivity index (χ2v) is 12.0. The van der Waals surface area contributed by atoms with Gasteiger partial charge in [-0.25, -0.2) is 0 Å². The van der Waals surface area contributed by atoms with Gasteiger partial charge in [0.1, 0.15) is 0 Å². The Balaban J connectivity index is 2.83. The monoisotopic (exact) mass is 504 g/mol. The van der Waals surface area contributed by atoms with Crippen molar-refractivity contribution in [3.63, 3.8) is 0 Å². The SMILES string of the molecule is C[Si](Cl)(c1cc(C(F)(F)F)cc(C(F)(F)F)c1)c1cc(C(F)(F)F)cc(C(F)(F)F)c1. The molecule has 2 aromatic carbocycles. The molecule has 0 saturated heterocycles. The minimum absolute atomic E-state index is 0.196. The highest BCUT2D eigenvalue weighted by Gasteiger charge is 2.43. The largest absolute Gasteiger partial charge is 0.416 e. The number of hydrogen-bond donors (Lipinski definition) is 0. The molecule has 0 aliphatic heterocycles. The van der Waals surface area contributed by atoms with Gasteiger partial charge in [0.2, 0.25) is 7.38 Å². The number of rotatable bonds is 2. The van der Waals surface area contributed by atoms with Crippen molar-refractivity contribution >= 4 is 28.8 Å². The van der Waals surface area contributed by atoms with Crippen LogP contribution in [0.3, 0.4) is 0 Å². The van der Waals surface area contributed by atoms with Crippen molar-refractivity contribution in [3.05, 3.63) is 58.7 Å². The molecule has 172 valence electrons. The van der Waals surface area contributed by atoms with Crippen LogP contribution < -0.4 is 10.4 Å². The lowest BCUT2D eigenvalue weighted by molar-refractivity contribution is -0.144. The maximum Gasteiger partial charge on any atom is 0.416 e. The summed E-state index contributed by atoms with van der Waals surface area (Å²) in [7, 11) is -4.42. The van der Waals surface area contributed by atoms with E-state index in [9.17, 15) is 52.7 Å². The van der Waals surface area contributed by atoms with E-state index in [1.54, 1.807) is 0 Å². The molecule has 0 N–H and O–H groups in total. The summed E-state index contributed by atoms with van der Waals surface area (Å²) in [6.07, 6.45) is -21.1. The van der Waals surface area contributed by atoms with Gasteiger partial charge in [-0.1, -0.05) is 0 Å². The van der Waals surface area contributed by atoms with Gasteiger partial charge < -0.3 is 0 Å². The van der Waals surface area contributed by atoms with E-state index in [1.165, 1.54) is 0 Å². The Hall–Kier alpha value is -1.89. The Labute approximate surface area is 172 Å². The Kier molecular flexibility index (Phi) is 6.22. The molecule has 2 rings (SSSR count). The van der Waals surface area contributed by atoms with Crippen LogP contribution >= 0.6 is 11.1 Å². The van der Waals surface area contributed by atoms with Crippen molar-refractivity contribution in [2.75, 3.05) is 0 Å². The molecule has 0 aliphatic rings. The maximum absolute atomic E-state index is 13.1. The summed E-state index contributed by atoms with van der Waals surface area (Å²) in [5, 5.41) is -1.72. The molecular weight excluding hydrogens is 496 g/mol. The molecule has 0 radical (unpaired) electrons. The van der Waals surface area contributed by atoms with Gasteiger partial charge in [0.15, 0.2) is 0 Å². The first-order valence-electron chi connectivity index (χ1n) is 7.92. The topological polar surface area (TPSA) is 0 Å². The minimum atomic E-state index is -5.28. The fourth-order valence-corrected chi connectivity index (χ4v) is 5.31. The van der Waals surface area contributed by atoms with E-state index in [0.717, 1.165) is 6.55 Å². The van der Waals surface area contributed by atoms with Gasteiger partial charge in [-0.3, -0.25) is 0 Å². The molecule has 2 aromatic rings. The highest BCUT2D eigenvalue weighted by molar-refractivity contribution is 7.33. The van der Waals surface area contributed by atoms with Gasteiger partial charge in [0.25, 0.3) is 0 Å². The lowest BCUT2D eigenvalue weighted by atomic mass is 10.1. The van der Waals surface area contributed by atoms with Crippen molar-refractivity contribution in [1.82, 2.24) is 0 Å². The maximum atomic E-state index is 13.1. The quantitative estimate of drug-likeness (QED) is 0.243. The first kappa shape index (κ1) is 25.4. The predicted octanol–water partition coefficient (Wildman–Crippen LogP) is 6.69. The summed E-state index contributed by atoms with van der Waals surface area (Å²) in [5.74, 6) is 0. The molecule has 0 saturated carbocycles. The van der Waals surface area contributed by atoms with Crippen LogP contribution in [-0.4, -0.2) is 7.38 Å². The van der Waals surface area contributed by atoms with E-state index in [-0.39, 0.29) is 36.4 Å². The van der Waals surface area contributed by atoms with Gasteiger partial charge in [0, 0.05) is 0 Å². The summed E-state index contributed by atoms with van der Waals surface area (Å²) < 4.78 is 157. The lowest BCUT2D eigenvalue weighted by Crippen LogP contribution is -2.52. The van der Waals surface area contributed by atoms with Crippen LogP contribution in [0, 0.1) is 0 Å². The molecule has 0 aromatic heterocycles. The van der Waals surface area contributed by atoms with E-state index >= 15 is 0 Å². The van der Waals surface area contributed by atoms with Crippen molar-refractivity contribution in [3.8, 4) is 0 Å². The van der Waals surface area contributed by atoms with Crippen molar-refractivity contribution < 1.29 is 52.7 Å². The van der Waals surface area contributed by atoms with Gasteiger partial charge in [0.05, 0.1) is 22.3 Å². The lowest BCUT2D eigenvalue weighted by Gasteiger charge is -2.25. The molecule has 0 nitrogen and oxygen atoms in total. The van der Waals surface area contributed by atoms with Gasteiger partial charge in [-0.2, -0.15) is 63.8 Å². The van der Waals surface area contributed by atoms with Gasteiger partial charge >= 0.3 is 24.7 Å². The smallest absolute Gasteiger partial charge is 0.166 e. The van der Waals surface area contributed by atoms with Crippen LogP contribution in [0.25, 0.3) is 0 Å². The first-order valence-corrected chi connectivity index (χ1v) is 11.4. The second kappa shape index (κ2) is 7.61. The van der Waals surface area contributed by atoms with E-state index in [2.05, 4.69) is 0 Å². The van der Waals surface area contributed by atoms with Gasteiger partial charge in [-0.15, -0.1) is 0 Å². The Bertz CT molecular complexity index is 825. The number of alkyl halides is 12. The summed E-state index contributed by atoms with van der Waals surface area (Å²) >= 11 is 6.14. The van der Waals surface area contributed by atoms with Crippen LogP contribution in [-0.2, 0) is 24.7 Å². The third-order valence-corrected chi connectivity index (χ3v) is 8.31. The summed E-state index contributed by atoms with van der Waals surface area (Å²) in [6.45, 7) is 0.833. The summed E-state index contributed by atoms with van der Waals surface area (Å²) in [4.78, 5) is 0. The van der Waals surface area contributed by atoms with E-state index in [0.29, 0.717) is 0 Å². The predicted molar refractivity (Wildman–Crippen MR) is 89.6 cm³/mol. The second-order valence-electron chi connectivity index (χ2n) is 6.59. The molecule has 0 heterocycles. The highest BCUT2D eigenvalue weighted by Crippen LogP contribution is 2.37. The van der Waals surface area contributed by atoms with Crippen molar-refractivity contribution in [2.45, 2.75) is 31.3 Å². The zero-order valence-electron chi connectivity index (χ0n) is 14.9. The van der Waals surface area contributed by atoms with Crippen molar-refractivity contribution in [1.29, 1.82) is 0 Å². The molecule has 0 fully saturated rings. The van der Waals surface area contributed by atoms with Crippen LogP contribution in [0.15, 0.2) is 36.4 Å². The Morgan fingerprint density at radius 2 is 0.677 bits per heavy atom. The average molecular weight is 505 g/mol. The Morgan fingerprint density at radius 3 is 0.839 bits per heavy atom. The number of halogens is 13. The molecular formula is C17H9ClF12Si. The molecule has 0 amide bonds. The zero-order valence-corrected chi connectivity index (χ0v) is 16.6. The summed E-state index contributed by atoms with van der Waals surface area (Å²) in [5.41, 5.74) is -7.17. The Morgan fingerprint density at radius 1 is 0.484 bits per heavy atom. The van der Waals surface area contributed by atoms with Crippen LogP contribution in [0.5, 0.6) is 0 Å². The zero-order chi connectivity index (χ0) is 24.2. The molecule has 14 heteroatoms. The average Bonchev–Trinajstić information content (AvgIpc) is 2.58. The number of benzene rings is 2. The number of hydrogen-bond acceptors (Lipinski definition) is 0. The molecule has 0 aliphatic carbocycles. The van der Waals surface area contributed by atoms with E-state index < -0.39 is 64.7 Å². The highest BCUT2D eigenvalue weighted by atomic mass is 35.6. The van der Waals surface area contributed by atoms with Gasteiger partial charge in [-0.05, 0) is 53.3 Å². The fraction of sp³-hybridized carbons (Fsp3) is 0.294. The standard InChI is InChI=1S/C17H9ClF12Si/c1-31(18,12-4-8(14(19,20)21)2-9(5-12)15(22,23)24)13-6-10(16(25,26)27)3-11(7-13)17(28,29)30/h2-7H,1H3. The third kappa shape index (κ3) is 5.67. The molecule has 0 bridgehead atoms. The van der Waals surface area contributed by atoms with E-state index in [4.69, 9.17) is 11.1 Å². The minimum Gasteiger partial charge on any atom is -0.166 e. The fourth-order valence-electron chi connectivity index (χ4n) is 2.62. The van der Waals surface area contributed by atoms with Crippen molar-refractivity contribution in [2.24, 2.45) is 0 Å². The molecule has 0 spiro atoms. The van der Waals surface area contributed by atoms with Crippen LogP contribution in [0.2, 0.25) is 6.55 Å². The van der Waals surface area contributed by atoms with E-state index in [1.807, 2.05) is 0 Å². The third-order valence-electron chi connectivity index (χ3n) is 4.26. The van der Waals surface area contributed by atoms with Crippen LogP contribution in [0.4, 0.5) is 52.7 Å². The normalized spacial score (nSPS) is 14.1. The van der Waals surface area contributed by atoms with Crippen LogP contribution in [0.1, 0.15) is 22.3 Å². The molecule has 0 atom stereocenters. The molecule has 31 heavy (non-hydrogen) atoms. The first-order chi connectivity index (χ1) is 13.6. The molecule has 0 unspecified atom stereocenters. The summed E-state index contributed by atoms with van der Waals surface area (Å²) in [6, 6.07) is 0.338.